The fourth-order valence-electron chi connectivity index (χ4n) is 2.15. The van der Waals surface area contributed by atoms with Gasteiger partial charge in [0.05, 0.1) is 26.2 Å². The highest BCUT2D eigenvalue weighted by Crippen LogP contribution is 2.42. The van der Waals surface area contributed by atoms with Crippen LogP contribution in [0.25, 0.3) is 6.08 Å². The Balaban J connectivity index is 2.43. The summed E-state index contributed by atoms with van der Waals surface area (Å²) in [5.74, 6) is -0.291. The van der Waals surface area contributed by atoms with E-state index in [1.165, 1.54) is 21.3 Å². The van der Waals surface area contributed by atoms with Crippen LogP contribution in [0.2, 0.25) is 0 Å². The number of benzene rings is 1. The summed E-state index contributed by atoms with van der Waals surface area (Å²) in [5, 5.41) is 8.86. The lowest BCUT2D eigenvalue weighted by Gasteiger charge is -2.14. The van der Waals surface area contributed by atoms with Gasteiger partial charge in [-0.3, -0.25) is 14.5 Å². The Labute approximate surface area is 148 Å². The number of ether oxygens (including phenoxy) is 3. The molecular weight excluding hydrogens is 354 g/mol. The normalized spacial score (nSPS) is 15.8. The molecule has 0 radical (unpaired) electrons. The minimum Gasteiger partial charge on any atom is -0.493 e. The molecule has 1 N–H and O–H groups in total. The molecule has 7 nitrogen and oxygen atoms in total. The number of thiocarbonyl (C=S) groups is 1. The van der Waals surface area contributed by atoms with Gasteiger partial charge in [0.1, 0.15) is 10.9 Å². The summed E-state index contributed by atoms with van der Waals surface area (Å²) >= 11 is 6.11. The summed E-state index contributed by atoms with van der Waals surface area (Å²) in [6, 6.07) is 3.40. The second-order valence-corrected chi connectivity index (χ2v) is 6.26. The SMILES string of the molecule is COc1ccc(/C=C2/SC(=S)N(CC(=O)O)C2=O)c(OC)c1OC. The quantitative estimate of drug-likeness (QED) is 0.602. The molecule has 0 spiro atoms. The zero-order chi connectivity index (χ0) is 17.9. The third-order valence-electron chi connectivity index (χ3n) is 3.19. The first-order valence-electron chi connectivity index (χ1n) is 6.69. The summed E-state index contributed by atoms with van der Waals surface area (Å²) in [7, 11) is 4.47. The van der Waals surface area contributed by atoms with E-state index in [1.807, 2.05) is 0 Å². The van der Waals surface area contributed by atoms with Crippen LogP contribution in [0, 0.1) is 0 Å². The van der Waals surface area contributed by atoms with Crippen molar-refractivity contribution in [1.82, 2.24) is 4.90 Å². The summed E-state index contributed by atoms with van der Waals surface area (Å²) in [4.78, 5) is 24.5. The molecule has 1 saturated heterocycles. The van der Waals surface area contributed by atoms with Crippen molar-refractivity contribution in [3.05, 3.63) is 22.6 Å². The van der Waals surface area contributed by atoms with E-state index in [1.54, 1.807) is 18.2 Å². The van der Waals surface area contributed by atoms with Crippen molar-refractivity contribution in [2.24, 2.45) is 0 Å². The maximum absolute atomic E-state index is 12.3. The van der Waals surface area contributed by atoms with E-state index in [2.05, 4.69) is 0 Å². The van der Waals surface area contributed by atoms with Gasteiger partial charge in [-0.15, -0.1) is 0 Å². The van der Waals surface area contributed by atoms with Gasteiger partial charge < -0.3 is 19.3 Å². The van der Waals surface area contributed by atoms with Crippen LogP contribution in [0.3, 0.4) is 0 Å². The van der Waals surface area contributed by atoms with Crippen molar-refractivity contribution in [2.45, 2.75) is 0 Å². The Bertz CT molecular complexity index is 731. The summed E-state index contributed by atoms with van der Waals surface area (Å²) < 4.78 is 16.1. The zero-order valence-corrected chi connectivity index (χ0v) is 14.8. The number of hydrogen-bond acceptors (Lipinski definition) is 7. The highest BCUT2D eigenvalue weighted by atomic mass is 32.2. The molecular formula is C15H15NO6S2. The van der Waals surface area contributed by atoms with Crippen LogP contribution in [0.5, 0.6) is 17.2 Å². The van der Waals surface area contributed by atoms with E-state index in [0.717, 1.165) is 16.7 Å². The largest absolute Gasteiger partial charge is 0.493 e. The fourth-order valence-corrected chi connectivity index (χ4v) is 3.40. The second-order valence-electron chi connectivity index (χ2n) is 4.59. The molecule has 1 fully saturated rings. The first-order chi connectivity index (χ1) is 11.4. The number of carboxylic acids is 1. The molecule has 2 rings (SSSR count). The van der Waals surface area contributed by atoms with Gasteiger partial charge in [-0.05, 0) is 18.2 Å². The number of carboxylic acid groups (broad SMARTS) is 1. The number of nitrogens with zero attached hydrogens (tertiary/aromatic N) is 1. The molecule has 1 aliphatic rings. The lowest BCUT2D eigenvalue weighted by atomic mass is 10.1. The Morgan fingerprint density at radius 2 is 1.92 bits per heavy atom. The van der Waals surface area contributed by atoms with Gasteiger partial charge in [-0.2, -0.15) is 0 Å². The van der Waals surface area contributed by atoms with Crippen molar-refractivity contribution >= 4 is 46.3 Å². The molecule has 1 aromatic carbocycles. The Morgan fingerprint density at radius 1 is 1.25 bits per heavy atom. The maximum atomic E-state index is 12.3. The maximum Gasteiger partial charge on any atom is 0.323 e. The second kappa shape index (κ2) is 7.54. The molecule has 0 bridgehead atoms. The van der Waals surface area contributed by atoms with Gasteiger partial charge in [0.25, 0.3) is 5.91 Å². The van der Waals surface area contributed by atoms with Crippen LogP contribution in [-0.4, -0.2) is 54.1 Å². The molecule has 0 saturated carbocycles. The molecule has 0 atom stereocenters. The van der Waals surface area contributed by atoms with Crippen molar-refractivity contribution < 1.29 is 28.9 Å². The van der Waals surface area contributed by atoms with Gasteiger partial charge in [0.15, 0.2) is 11.5 Å². The van der Waals surface area contributed by atoms with Crippen molar-refractivity contribution in [3.8, 4) is 17.2 Å². The highest BCUT2D eigenvalue weighted by molar-refractivity contribution is 8.26. The molecule has 24 heavy (non-hydrogen) atoms. The van der Waals surface area contributed by atoms with Crippen molar-refractivity contribution in [3.63, 3.8) is 0 Å². The number of aliphatic carboxylic acids is 1. The van der Waals surface area contributed by atoms with E-state index >= 15 is 0 Å². The predicted molar refractivity (Wildman–Crippen MR) is 93.6 cm³/mol. The lowest BCUT2D eigenvalue weighted by Crippen LogP contribution is -2.33. The van der Waals surface area contributed by atoms with E-state index in [4.69, 9.17) is 31.5 Å². The van der Waals surface area contributed by atoms with Gasteiger partial charge in [0.2, 0.25) is 5.75 Å². The molecule has 1 amide bonds. The average molecular weight is 369 g/mol. The third kappa shape index (κ3) is 3.46. The van der Waals surface area contributed by atoms with Gasteiger partial charge in [0, 0.05) is 5.56 Å². The minimum atomic E-state index is -1.13. The highest BCUT2D eigenvalue weighted by Gasteiger charge is 2.33. The van der Waals surface area contributed by atoms with Crippen LogP contribution in [-0.2, 0) is 9.59 Å². The first kappa shape index (κ1) is 18.1. The van der Waals surface area contributed by atoms with E-state index in [-0.39, 0.29) is 4.32 Å². The average Bonchev–Trinajstić information content (AvgIpc) is 2.81. The topological polar surface area (TPSA) is 85.3 Å². The molecule has 0 aliphatic carbocycles. The molecule has 1 aliphatic heterocycles. The smallest absolute Gasteiger partial charge is 0.323 e. The van der Waals surface area contributed by atoms with Crippen LogP contribution < -0.4 is 14.2 Å². The molecule has 1 aromatic rings. The number of carbonyl (C=O) groups excluding carboxylic acids is 1. The van der Waals surface area contributed by atoms with Crippen molar-refractivity contribution in [2.75, 3.05) is 27.9 Å². The number of methoxy groups -OCH3 is 3. The van der Waals surface area contributed by atoms with Crippen LogP contribution in [0.15, 0.2) is 17.0 Å². The number of rotatable bonds is 6. The van der Waals surface area contributed by atoms with Crippen molar-refractivity contribution in [1.29, 1.82) is 0 Å². The molecule has 0 aromatic heterocycles. The number of amides is 1. The Hall–Kier alpha value is -2.26. The number of thioether (sulfide) groups is 1. The monoisotopic (exact) mass is 369 g/mol. The standard InChI is InChI=1S/C15H15NO6S2/c1-20-9-5-4-8(12(21-2)13(9)22-3)6-10-14(19)16(7-11(17)18)15(23)24-10/h4-6H,7H2,1-3H3,(H,17,18)/b10-6+. The summed E-state index contributed by atoms with van der Waals surface area (Å²) in [6.07, 6.45) is 1.59. The van der Waals surface area contributed by atoms with E-state index < -0.39 is 18.4 Å². The first-order valence-corrected chi connectivity index (χ1v) is 7.91. The molecule has 128 valence electrons. The van der Waals surface area contributed by atoms with Gasteiger partial charge in [-0.25, -0.2) is 0 Å². The van der Waals surface area contributed by atoms with E-state index in [9.17, 15) is 9.59 Å². The third-order valence-corrected chi connectivity index (χ3v) is 4.57. The molecule has 0 unspecified atom stereocenters. The van der Waals surface area contributed by atoms with Gasteiger partial charge >= 0.3 is 5.97 Å². The number of hydrogen-bond donors (Lipinski definition) is 1. The van der Waals surface area contributed by atoms with Gasteiger partial charge in [-0.1, -0.05) is 24.0 Å². The summed E-state index contributed by atoms with van der Waals surface area (Å²) in [5.41, 5.74) is 0.589. The zero-order valence-electron chi connectivity index (χ0n) is 13.2. The van der Waals surface area contributed by atoms with Crippen LogP contribution in [0.4, 0.5) is 0 Å². The predicted octanol–water partition coefficient (Wildman–Crippen LogP) is 2.00. The molecule has 1 heterocycles. The number of carbonyl (C=O) groups is 2. The Morgan fingerprint density at radius 3 is 2.46 bits per heavy atom. The fraction of sp³-hybridized carbons (Fsp3) is 0.267. The molecule has 9 heteroatoms. The van der Waals surface area contributed by atoms with Crippen LogP contribution >= 0.6 is 24.0 Å². The summed E-state index contributed by atoms with van der Waals surface area (Å²) in [6.45, 7) is -0.467. The van der Waals surface area contributed by atoms with E-state index in [0.29, 0.717) is 27.7 Å². The van der Waals surface area contributed by atoms with Crippen LogP contribution in [0.1, 0.15) is 5.56 Å². The minimum absolute atomic E-state index is 0.202. The Kier molecular flexibility index (Phi) is 5.68. The lowest BCUT2D eigenvalue weighted by molar-refractivity contribution is -0.140.